The van der Waals surface area contributed by atoms with E-state index in [2.05, 4.69) is 29.1 Å². The number of nitrogens with one attached hydrogen (secondary N) is 1. The average Bonchev–Trinajstić information content (AvgIpc) is 2.86. The predicted molar refractivity (Wildman–Crippen MR) is 68.9 cm³/mol. The Hall–Kier alpha value is -1.20. The number of nitrogens with zero attached hydrogens (tertiary/aromatic N) is 2. The SMILES string of the molecule is Cc1nc(-c2ocnc2CNCC(C)C)cs1. The second kappa shape index (κ2) is 5.42. The van der Waals surface area contributed by atoms with E-state index in [0.717, 1.165) is 35.2 Å². The van der Waals surface area contributed by atoms with Crippen molar-refractivity contribution in [2.75, 3.05) is 6.54 Å². The van der Waals surface area contributed by atoms with Gasteiger partial charge in [-0.3, -0.25) is 0 Å². The van der Waals surface area contributed by atoms with Gasteiger partial charge in [0.2, 0.25) is 0 Å². The van der Waals surface area contributed by atoms with Gasteiger partial charge in [-0.25, -0.2) is 9.97 Å². The molecule has 1 N–H and O–H groups in total. The second-order valence-electron chi connectivity index (χ2n) is 4.40. The highest BCUT2D eigenvalue weighted by molar-refractivity contribution is 7.09. The van der Waals surface area contributed by atoms with Gasteiger partial charge in [-0.05, 0) is 19.4 Å². The number of oxazole rings is 1. The molecule has 0 atom stereocenters. The average molecular weight is 251 g/mol. The lowest BCUT2D eigenvalue weighted by molar-refractivity contribution is 0.544. The molecule has 0 aliphatic carbocycles. The fraction of sp³-hybridized carbons (Fsp3) is 0.500. The lowest BCUT2D eigenvalue weighted by Crippen LogP contribution is -2.19. The molecule has 2 rings (SSSR count). The van der Waals surface area contributed by atoms with Crippen LogP contribution in [0.25, 0.3) is 11.5 Å². The molecule has 0 aliphatic rings. The molecule has 0 aliphatic heterocycles. The highest BCUT2D eigenvalue weighted by atomic mass is 32.1. The van der Waals surface area contributed by atoms with Gasteiger partial charge < -0.3 is 9.73 Å². The molecule has 5 heteroatoms. The van der Waals surface area contributed by atoms with Crippen LogP contribution in [0.3, 0.4) is 0 Å². The molecular weight excluding hydrogens is 234 g/mol. The lowest BCUT2D eigenvalue weighted by Gasteiger charge is -2.05. The minimum Gasteiger partial charge on any atom is -0.441 e. The highest BCUT2D eigenvalue weighted by Crippen LogP contribution is 2.24. The van der Waals surface area contributed by atoms with Gasteiger partial charge in [0.05, 0.1) is 5.01 Å². The Balaban J connectivity index is 2.07. The van der Waals surface area contributed by atoms with Crippen LogP contribution >= 0.6 is 11.3 Å². The standard InChI is InChI=1S/C12H17N3OS/c1-8(2)4-13-5-10-12(16-7-14-10)11-6-17-9(3)15-11/h6-8,13H,4-5H2,1-3H3. The van der Waals surface area contributed by atoms with E-state index < -0.39 is 0 Å². The molecule has 92 valence electrons. The van der Waals surface area contributed by atoms with Gasteiger partial charge in [-0.2, -0.15) is 0 Å². The van der Waals surface area contributed by atoms with E-state index in [9.17, 15) is 0 Å². The zero-order valence-corrected chi connectivity index (χ0v) is 11.2. The summed E-state index contributed by atoms with van der Waals surface area (Å²) >= 11 is 1.62. The number of aryl methyl sites for hydroxylation is 1. The summed E-state index contributed by atoms with van der Waals surface area (Å²) in [6, 6.07) is 0. The van der Waals surface area contributed by atoms with Crippen molar-refractivity contribution in [1.82, 2.24) is 15.3 Å². The van der Waals surface area contributed by atoms with E-state index in [4.69, 9.17) is 4.42 Å². The third-order valence-electron chi connectivity index (χ3n) is 2.34. The van der Waals surface area contributed by atoms with Gasteiger partial charge in [-0.1, -0.05) is 13.8 Å². The first-order valence-corrected chi connectivity index (χ1v) is 6.60. The molecule has 0 saturated carbocycles. The maximum Gasteiger partial charge on any atom is 0.181 e. The van der Waals surface area contributed by atoms with Crippen molar-refractivity contribution in [3.63, 3.8) is 0 Å². The molecule has 17 heavy (non-hydrogen) atoms. The van der Waals surface area contributed by atoms with Gasteiger partial charge in [0.1, 0.15) is 11.4 Å². The number of thiazole rings is 1. The second-order valence-corrected chi connectivity index (χ2v) is 5.47. The molecule has 2 heterocycles. The molecule has 0 fully saturated rings. The number of hydrogen-bond acceptors (Lipinski definition) is 5. The zero-order chi connectivity index (χ0) is 12.3. The molecule has 2 aromatic heterocycles. The van der Waals surface area contributed by atoms with Crippen LogP contribution in [0.4, 0.5) is 0 Å². The van der Waals surface area contributed by atoms with Crippen LogP contribution < -0.4 is 5.32 Å². The van der Waals surface area contributed by atoms with Crippen molar-refractivity contribution < 1.29 is 4.42 Å². The summed E-state index contributed by atoms with van der Waals surface area (Å²) in [6.45, 7) is 8.05. The summed E-state index contributed by atoms with van der Waals surface area (Å²) in [7, 11) is 0. The predicted octanol–water partition coefficient (Wildman–Crippen LogP) is 2.85. The Bertz CT molecular complexity index is 476. The maximum absolute atomic E-state index is 5.41. The van der Waals surface area contributed by atoms with Gasteiger partial charge >= 0.3 is 0 Å². The molecule has 0 spiro atoms. The molecule has 2 aromatic rings. The molecule has 4 nitrogen and oxygen atoms in total. The molecule has 0 saturated heterocycles. The van der Waals surface area contributed by atoms with Gasteiger partial charge in [0.15, 0.2) is 12.2 Å². The Morgan fingerprint density at radius 3 is 2.94 bits per heavy atom. The van der Waals surface area contributed by atoms with E-state index in [1.165, 1.54) is 6.39 Å². The van der Waals surface area contributed by atoms with E-state index in [0.29, 0.717) is 5.92 Å². The normalized spacial score (nSPS) is 11.3. The van der Waals surface area contributed by atoms with Crippen LogP contribution in [-0.4, -0.2) is 16.5 Å². The van der Waals surface area contributed by atoms with Crippen molar-refractivity contribution in [3.05, 3.63) is 22.5 Å². The third kappa shape index (κ3) is 3.14. The summed E-state index contributed by atoms with van der Waals surface area (Å²) < 4.78 is 5.41. The van der Waals surface area contributed by atoms with Crippen LogP contribution in [0.5, 0.6) is 0 Å². The van der Waals surface area contributed by atoms with Crippen molar-refractivity contribution in [3.8, 4) is 11.5 Å². The van der Waals surface area contributed by atoms with Crippen LogP contribution in [-0.2, 0) is 6.54 Å². The first-order chi connectivity index (χ1) is 8.16. The van der Waals surface area contributed by atoms with Gasteiger partial charge in [0.25, 0.3) is 0 Å². The smallest absolute Gasteiger partial charge is 0.181 e. The molecule has 0 radical (unpaired) electrons. The van der Waals surface area contributed by atoms with Crippen LogP contribution in [0.2, 0.25) is 0 Å². The maximum atomic E-state index is 5.41. The molecule has 0 aromatic carbocycles. The third-order valence-corrected chi connectivity index (χ3v) is 3.11. The minimum absolute atomic E-state index is 0.631. The summed E-state index contributed by atoms with van der Waals surface area (Å²) in [6.07, 6.45) is 1.48. The fourth-order valence-corrected chi connectivity index (χ4v) is 2.14. The zero-order valence-electron chi connectivity index (χ0n) is 10.4. The van der Waals surface area contributed by atoms with Crippen molar-refractivity contribution in [2.24, 2.45) is 5.92 Å². The van der Waals surface area contributed by atoms with E-state index in [-0.39, 0.29) is 0 Å². The van der Waals surface area contributed by atoms with Crippen molar-refractivity contribution >= 4 is 11.3 Å². The van der Waals surface area contributed by atoms with Crippen molar-refractivity contribution in [1.29, 1.82) is 0 Å². The minimum atomic E-state index is 0.631. The van der Waals surface area contributed by atoms with E-state index in [1.54, 1.807) is 11.3 Å². The monoisotopic (exact) mass is 251 g/mol. The highest BCUT2D eigenvalue weighted by Gasteiger charge is 2.13. The molecule has 0 unspecified atom stereocenters. The summed E-state index contributed by atoms with van der Waals surface area (Å²) in [5.74, 6) is 1.41. The number of aromatic nitrogens is 2. The lowest BCUT2D eigenvalue weighted by atomic mass is 10.2. The molecule has 0 bridgehead atoms. The van der Waals surface area contributed by atoms with E-state index >= 15 is 0 Å². The Morgan fingerprint density at radius 1 is 1.47 bits per heavy atom. The largest absolute Gasteiger partial charge is 0.441 e. The van der Waals surface area contributed by atoms with Crippen LogP contribution in [0, 0.1) is 12.8 Å². The molecule has 0 amide bonds. The number of hydrogen-bond donors (Lipinski definition) is 1. The summed E-state index contributed by atoms with van der Waals surface area (Å²) in [4.78, 5) is 8.65. The quantitative estimate of drug-likeness (QED) is 0.887. The Labute approximate surface area is 105 Å². The van der Waals surface area contributed by atoms with Crippen LogP contribution in [0.1, 0.15) is 24.5 Å². The van der Waals surface area contributed by atoms with Crippen molar-refractivity contribution in [2.45, 2.75) is 27.3 Å². The topological polar surface area (TPSA) is 51.0 Å². The Morgan fingerprint density at radius 2 is 2.29 bits per heavy atom. The van der Waals surface area contributed by atoms with Gasteiger partial charge in [-0.15, -0.1) is 11.3 Å². The fourth-order valence-electron chi connectivity index (χ4n) is 1.55. The van der Waals surface area contributed by atoms with E-state index in [1.807, 2.05) is 12.3 Å². The summed E-state index contributed by atoms with van der Waals surface area (Å²) in [5.41, 5.74) is 1.81. The van der Waals surface area contributed by atoms with Gasteiger partial charge in [0, 0.05) is 11.9 Å². The summed E-state index contributed by atoms with van der Waals surface area (Å²) in [5, 5.41) is 6.40. The molecular formula is C12H17N3OS. The Kier molecular flexibility index (Phi) is 3.91. The number of rotatable bonds is 5. The van der Waals surface area contributed by atoms with Crippen LogP contribution in [0.15, 0.2) is 16.2 Å². The first-order valence-electron chi connectivity index (χ1n) is 5.72. The first kappa shape index (κ1) is 12.3.